The standard InChI is InChI=1S/C12H11FN2O3/c1-7-2-3-8(9(13)4-7)12(18)15-5-10(16)14-11(17)6-15/h2-4H,5-6H2,1H3,(H,14,16,17). The maximum atomic E-state index is 13.6. The molecule has 1 heterocycles. The van der Waals surface area contributed by atoms with Gasteiger partial charge in [-0.3, -0.25) is 19.7 Å². The van der Waals surface area contributed by atoms with E-state index in [1.54, 1.807) is 13.0 Å². The number of rotatable bonds is 1. The molecule has 1 fully saturated rings. The molecule has 0 aliphatic carbocycles. The van der Waals surface area contributed by atoms with Gasteiger partial charge in [-0.15, -0.1) is 0 Å². The summed E-state index contributed by atoms with van der Waals surface area (Å²) in [5.41, 5.74) is 0.555. The third kappa shape index (κ3) is 2.37. The van der Waals surface area contributed by atoms with E-state index in [1.165, 1.54) is 12.1 Å². The first-order valence-corrected chi connectivity index (χ1v) is 5.35. The van der Waals surface area contributed by atoms with E-state index < -0.39 is 23.5 Å². The van der Waals surface area contributed by atoms with Gasteiger partial charge in [-0.1, -0.05) is 6.07 Å². The lowest BCUT2D eigenvalue weighted by Gasteiger charge is -2.25. The molecule has 0 radical (unpaired) electrons. The maximum Gasteiger partial charge on any atom is 0.257 e. The molecule has 1 saturated heterocycles. The Bertz CT molecular complexity index is 526. The number of carbonyl (C=O) groups is 3. The highest BCUT2D eigenvalue weighted by atomic mass is 19.1. The number of nitrogens with zero attached hydrogens (tertiary/aromatic N) is 1. The lowest BCUT2D eigenvalue weighted by Crippen LogP contribution is -2.53. The Hall–Kier alpha value is -2.24. The Morgan fingerprint density at radius 2 is 1.89 bits per heavy atom. The van der Waals surface area contributed by atoms with Crippen molar-refractivity contribution in [2.45, 2.75) is 6.92 Å². The quantitative estimate of drug-likeness (QED) is 0.726. The highest BCUT2D eigenvalue weighted by Gasteiger charge is 2.28. The summed E-state index contributed by atoms with van der Waals surface area (Å²) >= 11 is 0. The molecule has 2 rings (SSSR count). The van der Waals surface area contributed by atoms with Crippen LogP contribution in [0.1, 0.15) is 15.9 Å². The van der Waals surface area contributed by atoms with Gasteiger partial charge in [0, 0.05) is 0 Å². The zero-order valence-corrected chi connectivity index (χ0v) is 9.70. The number of amides is 3. The molecule has 1 aromatic rings. The number of hydrogen-bond acceptors (Lipinski definition) is 3. The number of imide groups is 1. The SMILES string of the molecule is Cc1ccc(C(=O)N2CC(=O)NC(=O)C2)c(F)c1. The predicted octanol–water partition coefficient (Wildman–Crippen LogP) is 0.233. The summed E-state index contributed by atoms with van der Waals surface area (Å²) in [4.78, 5) is 35.3. The van der Waals surface area contributed by atoms with E-state index in [0.717, 1.165) is 4.90 Å². The zero-order chi connectivity index (χ0) is 13.3. The fourth-order valence-corrected chi connectivity index (χ4v) is 1.74. The van der Waals surface area contributed by atoms with Gasteiger partial charge >= 0.3 is 0 Å². The molecule has 0 aromatic heterocycles. The van der Waals surface area contributed by atoms with Gasteiger partial charge in [0.15, 0.2) is 0 Å². The summed E-state index contributed by atoms with van der Waals surface area (Å²) in [6.45, 7) is 1.23. The number of benzene rings is 1. The monoisotopic (exact) mass is 250 g/mol. The Morgan fingerprint density at radius 1 is 1.28 bits per heavy atom. The van der Waals surface area contributed by atoms with Crippen LogP contribution in [0.5, 0.6) is 0 Å². The van der Waals surface area contributed by atoms with Crippen molar-refractivity contribution in [3.63, 3.8) is 0 Å². The Labute approximate surface area is 103 Å². The Kier molecular flexibility index (Phi) is 3.10. The van der Waals surface area contributed by atoms with Crippen molar-refractivity contribution < 1.29 is 18.8 Å². The van der Waals surface area contributed by atoms with E-state index in [1.807, 2.05) is 0 Å². The van der Waals surface area contributed by atoms with Crippen LogP contribution in [-0.2, 0) is 9.59 Å². The zero-order valence-electron chi connectivity index (χ0n) is 9.70. The van der Waals surface area contributed by atoms with E-state index in [2.05, 4.69) is 5.32 Å². The van der Waals surface area contributed by atoms with Crippen molar-refractivity contribution in [1.29, 1.82) is 0 Å². The third-order valence-corrected chi connectivity index (χ3v) is 2.59. The predicted molar refractivity (Wildman–Crippen MR) is 60.2 cm³/mol. The number of nitrogens with one attached hydrogen (secondary N) is 1. The minimum absolute atomic E-state index is 0.136. The molecule has 0 unspecified atom stereocenters. The molecular weight excluding hydrogens is 239 g/mol. The van der Waals surface area contributed by atoms with Crippen molar-refractivity contribution in [2.75, 3.05) is 13.1 Å². The van der Waals surface area contributed by atoms with Crippen LogP contribution >= 0.6 is 0 Å². The molecular formula is C12H11FN2O3. The van der Waals surface area contributed by atoms with Crippen molar-refractivity contribution >= 4 is 17.7 Å². The summed E-state index contributed by atoms with van der Waals surface area (Å²) < 4.78 is 13.6. The molecule has 1 N–H and O–H groups in total. The first-order chi connectivity index (χ1) is 8.47. The minimum atomic E-state index is -0.657. The highest BCUT2D eigenvalue weighted by Crippen LogP contribution is 2.13. The van der Waals surface area contributed by atoms with Crippen molar-refractivity contribution in [2.24, 2.45) is 0 Å². The van der Waals surface area contributed by atoms with Crippen LogP contribution in [0.4, 0.5) is 4.39 Å². The first-order valence-electron chi connectivity index (χ1n) is 5.35. The van der Waals surface area contributed by atoms with E-state index in [-0.39, 0.29) is 18.7 Å². The van der Waals surface area contributed by atoms with Gasteiger partial charge in [-0.25, -0.2) is 4.39 Å². The fraction of sp³-hybridized carbons (Fsp3) is 0.250. The maximum absolute atomic E-state index is 13.6. The summed E-state index contributed by atoms with van der Waals surface area (Å²) in [5.74, 6) is -2.44. The van der Waals surface area contributed by atoms with Crippen LogP contribution in [0.15, 0.2) is 18.2 Å². The molecule has 1 aliphatic rings. The van der Waals surface area contributed by atoms with E-state index in [4.69, 9.17) is 0 Å². The molecule has 0 saturated carbocycles. The normalized spacial score (nSPS) is 15.6. The topological polar surface area (TPSA) is 66.5 Å². The molecule has 1 aromatic carbocycles. The number of hydrogen-bond donors (Lipinski definition) is 1. The molecule has 0 bridgehead atoms. The molecule has 5 nitrogen and oxygen atoms in total. The van der Waals surface area contributed by atoms with Gasteiger partial charge in [0.25, 0.3) is 5.91 Å². The average Bonchev–Trinajstić information content (AvgIpc) is 2.26. The summed E-state index contributed by atoms with van der Waals surface area (Å²) in [7, 11) is 0. The molecule has 3 amide bonds. The van der Waals surface area contributed by atoms with Gasteiger partial charge in [-0.2, -0.15) is 0 Å². The largest absolute Gasteiger partial charge is 0.320 e. The second kappa shape index (κ2) is 4.56. The molecule has 6 heteroatoms. The molecule has 18 heavy (non-hydrogen) atoms. The highest BCUT2D eigenvalue weighted by molar-refractivity contribution is 6.05. The molecule has 1 aliphatic heterocycles. The summed E-state index contributed by atoms with van der Waals surface area (Å²) in [6.07, 6.45) is 0. The molecule has 0 spiro atoms. The third-order valence-electron chi connectivity index (χ3n) is 2.59. The van der Waals surface area contributed by atoms with E-state index in [0.29, 0.717) is 5.56 Å². The lowest BCUT2D eigenvalue weighted by atomic mass is 10.1. The van der Waals surface area contributed by atoms with Crippen LogP contribution in [0.2, 0.25) is 0 Å². The van der Waals surface area contributed by atoms with Crippen molar-refractivity contribution in [3.05, 3.63) is 35.1 Å². The summed E-state index contributed by atoms with van der Waals surface area (Å²) in [5, 5.41) is 2.07. The second-order valence-corrected chi connectivity index (χ2v) is 4.12. The van der Waals surface area contributed by atoms with Gasteiger partial charge in [0.05, 0.1) is 5.56 Å². The van der Waals surface area contributed by atoms with Gasteiger partial charge in [0.2, 0.25) is 11.8 Å². The van der Waals surface area contributed by atoms with Crippen LogP contribution in [0.25, 0.3) is 0 Å². The second-order valence-electron chi connectivity index (χ2n) is 4.12. The van der Waals surface area contributed by atoms with Crippen LogP contribution in [-0.4, -0.2) is 35.7 Å². The van der Waals surface area contributed by atoms with E-state index in [9.17, 15) is 18.8 Å². The molecule has 0 atom stereocenters. The Morgan fingerprint density at radius 3 is 2.44 bits per heavy atom. The number of carbonyl (C=O) groups excluding carboxylic acids is 3. The van der Waals surface area contributed by atoms with E-state index >= 15 is 0 Å². The smallest absolute Gasteiger partial charge is 0.257 e. The fourth-order valence-electron chi connectivity index (χ4n) is 1.74. The van der Waals surface area contributed by atoms with Gasteiger partial charge in [0.1, 0.15) is 18.9 Å². The van der Waals surface area contributed by atoms with Crippen LogP contribution in [0, 0.1) is 12.7 Å². The van der Waals surface area contributed by atoms with Crippen LogP contribution < -0.4 is 5.32 Å². The molecule has 94 valence electrons. The van der Waals surface area contributed by atoms with Crippen molar-refractivity contribution in [3.8, 4) is 0 Å². The van der Waals surface area contributed by atoms with Crippen molar-refractivity contribution in [1.82, 2.24) is 10.2 Å². The summed E-state index contributed by atoms with van der Waals surface area (Å²) in [6, 6.07) is 4.19. The number of halogens is 1. The number of piperazine rings is 1. The number of aryl methyl sites for hydroxylation is 1. The van der Waals surface area contributed by atoms with Gasteiger partial charge in [-0.05, 0) is 24.6 Å². The first kappa shape index (κ1) is 12.2. The van der Waals surface area contributed by atoms with Gasteiger partial charge < -0.3 is 4.90 Å². The minimum Gasteiger partial charge on any atom is -0.320 e. The van der Waals surface area contributed by atoms with Crippen LogP contribution in [0.3, 0.4) is 0 Å². The Balaban J connectivity index is 2.25. The average molecular weight is 250 g/mol. The lowest BCUT2D eigenvalue weighted by molar-refractivity contribution is -0.135.